The second-order valence-electron chi connectivity index (χ2n) is 12.1. The summed E-state index contributed by atoms with van der Waals surface area (Å²) in [6.45, 7) is 4.49. The third kappa shape index (κ3) is 4.01. The van der Waals surface area contributed by atoms with E-state index in [-0.39, 0.29) is 34.7 Å². The number of aromatic nitrogens is 2. The van der Waals surface area contributed by atoms with Crippen LogP contribution in [0.4, 0.5) is 5.69 Å². The molecular weight excluding hydrogens is 554 g/mol. The average Bonchev–Trinajstić information content (AvgIpc) is 3.03. The number of hydrogen-bond donors (Lipinski definition) is 0. The highest BCUT2D eigenvalue weighted by molar-refractivity contribution is 6.11. The Balaban J connectivity index is 1.37. The van der Waals surface area contributed by atoms with E-state index >= 15 is 0 Å². The summed E-state index contributed by atoms with van der Waals surface area (Å²) in [6, 6.07) is 27.8. The summed E-state index contributed by atoms with van der Waals surface area (Å²) >= 11 is 0. The smallest absolute Gasteiger partial charge is 0.269 e. The van der Waals surface area contributed by atoms with Crippen LogP contribution in [0.1, 0.15) is 46.8 Å². The van der Waals surface area contributed by atoms with Gasteiger partial charge in [0.25, 0.3) is 5.69 Å². The Morgan fingerprint density at radius 3 is 2.45 bits per heavy atom. The largest absolute Gasteiger partial charge is 0.493 e. The van der Waals surface area contributed by atoms with Crippen molar-refractivity contribution in [1.29, 1.82) is 0 Å². The molecule has 0 unspecified atom stereocenters. The van der Waals surface area contributed by atoms with Crippen LogP contribution in [0, 0.1) is 16.0 Å². The number of nitro groups is 1. The number of fused-ring (bicyclic) bond motifs is 11. The van der Waals surface area contributed by atoms with Crippen LogP contribution in [0.3, 0.4) is 0 Å². The summed E-state index contributed by atoms with van der Waals surface area (Å²) in [5.41, 5.74) is 5.34. The monoisotopic (exact) mass is 581 g/mol. The molecule has 0 spiro atoms. The molecule has 0 saturated carbocycles. The molecule has 8 rings (SSSR count). The molecule has 6 aromatic rings. The van der Waals surface area contributed by atoms with E-state index in [4.69, 9.17) is 19.4 Å². The van der Waals surface area contributed by atoms with Crippen LogP contribution in [0.25, 0.3) is 32.8 Å². The average molecular weight is 582 g/mol. The normalized spacial score (nSPS) is 18.1. The van der Waals surface area contributed by atoms with Gasteiger partial charge in [0.1, 0.15) is 17.1 Å². The van der Waals surface area contributed by atoms with E-state index in [1.54, 1.807) is 12.1 Å². The van der Waals surface area contributed by atoms with Crippen molar-refractivity contribution in [2.24, 2.45) is 5.92 Å². The zero-order valence-corrected chi connectivity index (χ0v) is 24.1. The number of benzene rings is 5. The lowest BCUT2D eigenvalue weighted by atomic mass is 9.69. The summed E-state index contributed by atoms with van der Waals surface area (Å²) in [6.07, 6.45) is 0.257. The Labute approximate surface area is 252 Å². The highest BCUT2D eigenvalue weighted by atomic mass is 16.6. The third-order valence-electron chi connectivity index (χ3n) is 9.04. The molecule has 44 heavy (non-hydrogen) atoms. The Morgan fingerprint density at radius 2 is 1.66 bits per heavy atom. The summed E-state index contributed by atoms with van der Waals surface area (Å²) in [5.74, 6) is 0.994. The molecule has 5 aromatic carbocycles. The maximum absolute atomic E-state index is 12.9. The molecule has 8 heteroatoms. The van der Waals surface area contributed by atoms with Crippen LogP contribution in [-0.2, 0) is 6.42 Å². The molecule has 0 fully saturated rings. The number of nitro benzene ring substituents is 1. The van der Waals surface area contributed by atoms with Gasteiger partial charge in [-0.05, 0) is 37.6 Å². The molecule has 0 saturated heterocycles. The minimum atomic E-state index is -0.624. The number of rotatable bonds is 4. The van der Waals surface area contributed by atoms with Crippen molar-refractivity contribution in [3.63, 3.8) is 0 Å². The summed E-state index contributed by atoms with van der Waals surface area (Å²) < 4.78 is 13.0. The van der Waals surface area contributed by atoms with Crippen LogP contribution in [-0.4, -0.2) is 32.9 Å². The molecule has 8 nitrogen and oxygen atoms in total. The lowest BCUT2D eigenvalue weighted by molar-refractivity contribution is -0.385. The van der Waals surface area contributed by atoms with E-state index in [0.717, 1.165) is 38.7 Å². The molecule has 0 radical (unpaired) electrons. The van der Waals surface area contributed by atoms with Crippen LogP contribution >= 0.6 is 0 Å². The number of ether oxygens (including phenoxy) is 2. The van der Waals surface area contributed by atoms with Crippen molar-refractivity contribution in [3.8, 4) is 11.5 Å². The topological polar surface area (TPSA) is 104 Å². The maximum Gasteiger partial charge on any atom is 0.269 e. The van der Waals surface area contributed by atoms with Gasteiger partial charge in [0, 0.05) is 57.9 Å². The van der Waals surface area contributed by atoms with Crippen LogP contribution < -0.4 is 9.47 Å². The van der Waals surface area contributed by atoms with Gasteiger partial charge in [-0.15, -0.1) is 0 Å². The summed E-state index contributed by atoms with van der Waals surface area (Å²) in [7, 11) is 0. The molecule has 0 bridgehead atoms. The molecule has 0 amide bonds. The quantitative estimate of drug-likeness (QED) is 0.0695. The number of hydrogen-bond acceptors (Lipinski definition) is 7. The van der Waals surface area contributed by atoms with Gasteiger partial charge in [-0.1, -0.05) is 60.7 Å². The van der Waals surface area contributed by atoms with Crippen molar-refractivity contribution in [2.75, 3.05) is 6.61 Å². The second kappa shape index (κ2) is 9.57. The number of nitrogens with zero attached hydrogens (tertiary/aromatic N) is 3. The first kappa shape index (κ1) is 26.3. The first-order valence-corrected chi connectivity index (χ1v) is 14.6. The SMILES string of the molecule is CC1(C)Oc2c(c3nc4ccc(CC(=O)c5ccccc5)cc4nc3c3ccccc23)[C@@H]2c3cc([N+](=O)[O-])ccc3OC[C@@H]21. The van der Waals surface area contributed by atoms with Crippen molar-refractivity contribution >= 4 is 44.3 Å². The standard InChI is InChI=1S/C36H27N3O5/c1-36(2)26-19-43-30-15-13-22(39(41)42)18-25(30)31(26)32-34-33(23-10-6-7-11-24(23)35(32)44-36)38-28-16-20(12-14-27(28)37-34)17-29(40)21-8-4-3-5-9-21/h3-16,18,26,31H,17,19H2,1-2H3/t26-,31+/m0/s1. The Bertz CT molecular complexity index is 2180. The maximum atomic E-state index is 12.9. The first-order chi connectivity index (χ1) is 21.3. The Kier molecular flexibility index (Phi) is 5.71. The highest BCUT2D eigenvalue weighted by Crippen LogP contribution is 2.56. The van der Waals surface area contributed by atoms with Gasteiger partial charge in [-0.2, -0.15) is 0 Å². The van der Waals surface area contributed by atoms with Crippen molar-refractivity contribution in [3.05, 3.63) is 123 Å². The van der Waals surface area contributed by atoms with Gasteiger partial charge < -0.3 is 9.47 Å². The van der Waals surface area contributed by atoms with Gasteiger partial charge in [-0.3, -0.25) is 14.9 Å². The fourth-order valence-electron chi connectivity index (χ4n) is 6.85. The van der Waals surface area contributed by atoms with Crippen LogP contribution in [0.2, 0.25) is 0 Å². The molecule has 2 aliphatic rings. The number of Topliss-reactive ketones (excluding diaryl/α,β-unsaturated/α-hetero) is 1. The van der Waals surface area contributed by atoms with Crippen molar-refractivity contribution in [2.45, 2.75) is 31.8 Å². The summed E-state index contributed by atoms with van der Waals surface area (Å²) in [4.78, 5) is 34.7. The zero-order valence-electron chi connectivity index (χ0n) is 24.1. The van der Waals surface area contributed by atoms with E-state index in [1.807, 2.05) is 86.6 Å². The minimum Gasteiger partial charge on any atom is -0.493 e. The van der Waals surface area contributed by atoms with E-state index in [2.05, 4.69) is 0 Å². The van der Waals surface area contributed by atoms with Gasteiger partial charge in [0.2, 0.25) is 0 Å². The predicted molar refractivity (Wildman–Crippen MR) is 168 cm³/mol. The first-order valence-electron chi connectivity index (χ1n) is 14.6. The lowest BCUT2D eigenvalue weighted by Gasteiger charge is -2.47. The molecule has 3 heterocycles. The zero-order chi connectivity index (χ0) is 30.2. The molecule has 0 N–H and O–H groups in total. The highest BCUT2D eigenvalue weighted by Gasteiger charge is 2.50. The van der Waals surface area contributed by atoms with Gasteiger partial charge in [-0.25, -0.2) is 9.97 Å². The van der Waals surface area contributed by atoms with E-state index in [1.165, 1.54) is 6.07 Å². The van der Waals surface area contributed by atoms with Crippen molar-refractivity contribution in [1.82, 2.24) is 9.97 Å². The van der Waals surface area contributed by atoms with Gasteiger partial charge >= 0.3 is 0 Å². The van der Waals surface area contributed by atoms with Crippen LogP contribution in [0.15, 0.2) is 91.0 Å². The lowest BCUT2D eigenvalue weighted by Crippen LogP contribution is -2.49. The fraction of sp³-hybridized carbons (Fsp3) is 0.194. The summed E-state index contributed by atoms with van der Waals surface area (Å²) in [5, 5.41) is 13.6. The third-order valence-corrected chi connectivity index (χ3v) is 9.04. The van der Waals surface area contributed by atoms with E-state index < -0.39 is 5.60 Å². The molecule has 216 valence electrons. The molecule has 2 atom stereocenters. The van der Waals surface area contributed by atoms with E-state index in [0.29, 0.717) is 34.5 Å². The predicted octanol–water partition coefficient (Wildman–Crippen LogP) is 7.58. The minimum absolute atomic E-state index is 0.0121. The fourth-order valence-corrected chi connectivity index (χ4v) is 6.85. The van der Waals surface area contributed by atoms with Crippen molar-refractivity contribution < 1.29 is 19.2 Å². The van der Waals surface area contributed by atoms with E-state index in [9.17, 15) is 14.9 Å². The Morgan fingerprint density at radius 1 is 0.909 bits per heavy atom. The number of carbonyl (C=O) groups excluding carboxylic acids is 1. The van der Waals surface area contributed by atoms with Gasteiger partial charge in [0.15, 0.2) is 5.78 Å². The molecule has 0 aliphatic carbocycles. The Hall–Kier alpha value is -5.37. The molecule has 1 aromatic heterocycles. The van der Waals surface area contributed by atoms with Gasteiger partial charge in [0.05, 0.1) is 33.6 Å². The van der Waals surface area contributed by atoms with Crippen LogP contribution in [0.5, 0.6) is 11.5 Å². The molecular formula is C36H27N3O5. The number of ketones is 1. The molecule has 2 aliphatic heterocycles. The number of carbonyl (C=O) groups is 1. The second-order valence-corrected chi connectivity index (χ2v) is 12.1. The number of non-ortho nitro benzene ring substituents is 1.